The zero-order valence-electron chi connectivity index (χ0n) is 17.1. The van der Waals surface area contributed by atoms with Crippen molar-refractivity contribution >= 4 is 0 Å². The van der Waals surface area contributed by atoms with E-state index < -0.39 is 17.0 Å². The molecule has 0 saturated heterocycles. The van der Waals surface area contributed by atoms with Crippen LogP contribution in [0.3, 0.4) is 0 Å². The van der Waals surface area contributed by atoms with Crippen LogP contribution in [-0.4, -0.2) is 17.0 Å². The van der Waals surface area contributed by atoms with Gasteiger partial charge in [-0.2, -0.15) is 9.78 Å². The molecule has 0 N–H and O–H groups in total. The van der Waals surface area contributed by atoms with Crippen molar-refractivity contribution in [1.82, 2.24) is 0 Å². The summed E-state index contributed by atoms with van der Waals surface area (Å²) in [4.78, 5) is 23.1. The second kappa shape index (κ2) is 7.69. The third kappa shape index (κ3) is 6.32. The second-order valence-electron chi connectivity index (χ2n) is 9.21. The zero-order valence-corrected chi connectivity index (χ0v) is 17.1. The minimum atomic E-state index is -1.11. The van der Waals surface area contributed by atoms with Gasteiger partial charge in [-0.1, -0.05) is 39.8 Å². The van der Waals surface area contributed by atoms with Crippen molar-refractivity contribution < 1.29 is 19.6 Å². The lowest BCUT2D eigenvalue weighted by atomic mass is 9.80. The third-order valence-corrected chi connectivity index (χ3v) is 3.56. The van der Waals surface area contributed by atoms with Crippen LogP contribution in [0.2, 0.25) is 0 Å². The zero-order chi connectivity index (χ0) is 18.8. The Balaban J connectivity index is 3.23. The number of rotatable bonds is 6. The van der Waals surface area contributed by atoms with E-state index in [0.29, 0.717) is 11.8 Å². The molecule has 1 atom stereocenters. The first-order valence-corrected chi connectivity index (χ1v) is 8.90. The Kier molecular flexibility index (Phi) is 6.85. The van der Waals surface area contributed by atoms with E-state index in [2.05, 4.69) is 39.8 Å². The lowest BCUT2D eigenvalue weighted by Crippen LogP contribution is -2.48. The van der Waals surface area contributed by atoms with E-state index in [0.717, 1.165) is 5.57 Å². The third-order valence-electron chi connectivity index (χ3n) is 3.56. The topological polar surface area (TPSA) is 36.9 Å². The van der Waals surface area contributed by atoms with Crippen molar-refractivity contribution in [3.05, 3.63) is 23.8 Å². The lowest BCUT2D eigenvalue weighted by molar-refractivity contribution is -0.536. The van der Waals surface area contributed by atoms with Crippen LogP contribution in [0.5, 0.6) is 0 Å². The maximum Gasteiger partial charge on any atom is 0.259 e. The molecule has 140 valence electrons. The fourth-order valence-electron chi connectivity index (χ4n) is 2.32. The molecule has 0 amide bonds. The van der Waals surface area contributed by atoms with Crippen LogP contribution in [-0.2, 0) is 19.6 Å². The van der Waals surface area contributed by atoms with Gasteiger partial charge >= 0.3 is 0 Å². The van der Waals surface area contributed by atoms with Gasteiger partial charge in [0.05, 0.1) is 11.2 Å². The molecule has 4 heteroatoms. The Morgan fingerprint density at radius 1 is 0.875 bits per heavy atom. The van der Waals surface area contributed by atoms with E-state index in [1.54, 1.807) is 0 Å². The lowest BCUT2D eigenvalue weighted by Gasteiger charge is -2.41. The first kappa shape index (κ1) is 21.4. The van der Waals surface area contributed by atoms with Crippen molar-refractivity contribution in [2.75, 3.05) is 0 Å². The average molecular weight is 341 g/mol. The molecule has 0 aromatic heterocycles. The fourth-order valence-corrected chi connectivity index (χ4v) is 2.32. The minimum Gasteiger partial charge on any atom is -0.227 e. The van der Waals surface area contributed by atoms with E-state index in [4.69, 9.17) is 19.6 Å². The van der Waals surface area contributed by atoms with Crippen LogP contribution in [0, 0.1) is 17.8 Å². The summed E-state index contributed by atoms with van der Waals surface area (Å²) < 4.78 is 0. The molecule has 24 heavy (non-hydrogen) atoms. The quantitative estimate of drug-likeness (QED) is 0.358. The van der Waals surface area contributed by atoms with Gasteiger partial charge in [0, 0.05) is 5.92 Å². The molecular weight excluding hydrogens is 304 g/mol. The Labute approximate surface area is 148 Å². The molecule has 1 aliphatic rings. The minimum absolute atomic E-state index is 0.0234. The highest BCUT2D eigenvalue weighted by Gasteiger charge is 2.46. The molecule has 0 fully saturated rings. The molecule has 0 aliphatic heterocycles. The van der Waals surface area contributed by atoms with Gasteiger partial charge in [0.2, 0.25) is 0 Å². The molecule has 0 saturated carbocycles. The molecule has 0 bridgehead atoms. The Morgan fingerprint density at radius 3 is 1.67 bits per heavy atom. The smallest absolute Gasteiger partial charge is 0.227 e. The van der Waals surface area contributed by atoms with Crippen LogP contribution < -0.4 is 0 Å². The van der Waals surface area contributed by atoms with Gasteiger partial charge in [-0.3, -0.25) is 0 Å². The van der Waals surface area contributed by atoms with Gasteiger partial charge in [0.15, 0.2) is 0 Å². The van der Waals surface area contributed by atoms with E-state index >= 15 is 0 Å². The molecule has 0 radical (unpaired) electrons. The molecule has 1 unspecified atom stereocenters. The Hall–Kier alpha value is -0.680. The average Bonchev–Trinajstić information content (AvgIpc) is 2.41. The standard InChI is InChI=1S/C20H36O4/c1-14(2)16-11-12-17(15(3)4)20(13-16,23-21-18(5,6)7)24-22-19(8,9)10/h11-15,17H,1-10H3. The molecule has 0 heterocycles. The van der Waals surface area contributed by atoms with Gasteiger partial charge in [-0.15, -0.1) is 0 Å². The highest BCUT2D eigenvalue weighted by molar-refractivity contribution is 5.30. The van der Waals surface area contributed by atoms with Gasteiger partial charge < -0.3 is 0 Å². The predicted octanol–water partition coefficient (Wildman–Crippen LogP) is 5.60. The summed E-state index contributed by atoms with van der Waals surface area (Å²) >= 11 is 0. The van der Waals surface area contributed by atoms with Gasteiger partial charge in [0.25, 0.3) is 5.79 Å². The molecular formula is C20H36O4. The van der Waals surface area contributed by atoms with Crippen molar-refractivity contribution in [2.45, 2.75) is 86.2 Å². The summed E-state index contributed by atoms with van der Waals surface area (Å²) in [5.41, 5.74) is 0.237. The van der Waals surface area contributed by atoms with Gasteiger partial charge in [0.1, 0.15) is 0 Å². The maximum absolute atomic E-state index is 5.91. The highest BCUT2D eigenvalue weighted by atomic mass is 17.3. The van der Waals surface area contributed by atoms with Crippen molar-refractivity contribution in [2.24, 2.45) is 17.8 Å². The predicted molar refractivity (Wildman–Crippen MR) is 97.0 cm³/mol. The van der Waals surface area contributed by atoms with E-state index in [-0.39, 0.29) is 5.92 Å². The van der Waals surface area contributed by atoms with Crippen LogP contribution in [0.4, 0.5) is 0 Å². The monoisotopic (exact) mass is 340 g/mol. The van der Waals surface area contributed by atoms with Crippen LogP contribution >= 0.6 is 0 Å². The number of allylic oxidation sites excluding steroid dienone is 2. The van der Waals surface area contributed by atoms with Crippen LogP contribution in [0.1, 0.15) is 69.2 Å². The van der Waals surface area contributed by atoms with Crippen molar-refractivity contribution in [3.8, 4) is 0 Å². The van der Waals surface area contributed by atoms with E-state index in [1.165, 1.54) is 0 Å². The summed E-state index contributed by atoms with van der Waals surface area (Å²) in [6.45, 7) is 20.2. The van der Waals surface area contributed by atoms with Crippen molar-refractivity contribution in [3.63, 3.8) is 0 Å². The van der Waals surface area contributed by atoms with Crippen LogP contribution in [0.25, 0.3) is 0 Å². The first-order valence-electron chi connectivity index (χ1n) is 8.90. The normalized spacial score (nSPS) is 21.5. The second-order valence-corrected chi connectivity index (χ2v) is 9.21. The van der Waals surface area contributed by atoms with E-state index in [9.17, 15) is 0 Å². The Bertz CT molecular complexity index is 443. The fraction of sp³-hybridized carbons (Fsp3) is 0.800. The summed E-state index contributed by atoms with van der Waals surface area (Å²) in [7, 11) is 0. The molecule has 0 aromatic carbocycles. The molecule has 1 rings (SSSR count). The summed E-state index contributed by atoms with van der Waals surface area (Å²) in [6.07, 6.45) is 6.28. The summed E-state index contributed by atoms with van der Waals surface area (Å²) in [5, 5.41) is 0. The van der Waals surface area contributed by atoms with Gasteiger partial charge in [-0.05, 0) is 65.0 Å². The van der Waals surface area contributed by atoms with E-state index in [1.807, 2.05) is 47.6 Å². The number of hydrogen-bond donors (Lipinski definition) is 0. The summed E-state index contributed by atoms with van der Waals surface area (Å²) in [6, 6.07) is 0. The maximum atomic E-state index is 5.91. The number of hydrogen-bond acceptors (Lipinski definition) is 4. The Morgan fingerprint density at radius 2 is 1.33 bits per heavy atom. The van der Waals surface area contributed by atoms with Crippen molar-refractivity contribution in [1.29, 1.82) is 0 Å². The molecule has 0 aromatic rings. The molecule has 0 spiro atoms. The largest absolute Gasteiger partial charge is 0.259 e. The summed E-state index contributed by atoms with van der Waals surface area (Å²) in [5.74, 6) is -0.489. The highest BCUT2D eigenvalue weighted by Crippen LogP contribution is 2.40. The molecule has 1 aliphatic carbocycles. The van der Waals surface area contributed by atoms with Crippen LogP contribution in [0.15, 0.2) is 23.8 Å². The first-order chi connectivity index (χ1) is 10.8. The van der Waals surface area contributed by atoms with Gasteiger partial charge in [-0.25, -0.2) is 9.78 Å². The molecule has 4 nitrogen and oxygen atoms in total. The SMILES string of the molecule is CC(C)C1=CC(OOC(C)(C)C)(OOC(C)(C)C)C(C(C)C)C=C1.